The zero-order valence-electron chi connectivity index (χ0n) is 13.7. The van der Waals surface area contributed by atoms with Crippen molar-refractivity contribution >= 4 is 35.6 Å². The van der Waals surface area contributed by atoms with E-state index >= 15 is 0 Å². The summed E-state index contributed by atoms with van der Waals surface area (Å²) in [6, 6.07) is 5.44. The van der Waals surface area contributed by atoms with E-state index in [2.05, 4.69) is 10.6 Å². The van der Waals surface area contributed by atoms with Gasteiger partial charge in [0.25, 0.3) is 0 Å². The lowest BCUT2D eigenvalue weighted by Crippen LogP contribution is -2.41. The van der Waals surface area contributed by atoms with Crippen LogP contribution >= 0.6 is 12.4 Å². The van der Waals surface area contributed by atoms with Crippen LogP contribution in [0, 0.1) is 12.3 Å². The number of amides is 2. The van der Waals surface area contributed by atoms with Crippen LogP contribution in [-0.4, -0.2) is 18.4 Å². The first-order chi connectivity index (χ1) is 9.88. The molecule has 0 atom stereocenters. The standard InChI is InChI=1S/C16H25N3O2.ClH/c1-5-16(6-2,10-17)15(21)19-14-9-13(18-12(4)20)8-7-11(14)3;/h7-9H,5-6,10,17H2,1-4H3,(H,18,20)(H,19,21);1H. The maximum atomic E-state index is 12.5. The van der Waals surface area contributed by atoms with Crippen molar-refractivity contribution in [2.45, 2.75) is 40.5 Å². The van der Waals surface area contributed by atoms with Gasteiger partial charge in [0, 0.05) is 24.8 Å². The van der Waals surface area contributed by atoms with E-state index in [1.165, 1.54) is 6.92 Å². The van der Waals surface area contributed by atoms with Crippen molar-refractivity contribution in [1.29, 1.82) is 0 Å². The number of halogens is 1. The Hall–Kier alpha value is -1.59. The van der Waals surface area contributed by atoms with Crippen molar-refractivity contribution in [3.05, 3.63) is 23.8 Å². The summed E-state index contributed by atoms with van der Waals surface area (Å²) in [7, 11) is 0. The van der Waals surface area contributed by atoms with Crippen molar-refractivity contribution in [2.24, 2.45) is 11.1 Å². The molecule has 0 unspecified atom stereocenters. The highest BCUT2D eigenvalue weighted by Gasteiger charge is 2.33. The topological polar surface area (TPSA) is 84.2 Å². The lowest BCUT2D eigenvalue weighted by molar-refractivity contribution is -0.125. The van der Waals surface area contributed by atoms with Crippen molar-refractivity contribution < 1.29 is 9.59 Å². The largest absolute Gasteiger partial charge is 0.329 e. The maximum absolute atomic E-state index is 12.5. The fourth-order valence-electron chi connectivity index (χ4n) is 2.25. The summed E-state index contributed by atoms with van der Waals surface area (Å²) < 4.78 is 0. The van der Waals surface area contributed by atoms with Crippen LogP contribution in [0.15, 0.2) is 18.2 Å². The average molecular weight is 328 g/mol. The van der Waals surface area contributed by atoms with Gasteiger partial charge in [-0.25, -0.2) is 0 Å². The Morgan fingerprint density at radius 1 is 1.18 bits per heavy atom. The second-order valence-electron chi connectivity index (χ2n) is 5.36. The summed E-state index contributed by atoms with van der Waals surface area (Å²) in [5.74, 6) is -0.215. The molecule has 22 heavy (non-hydrogen) atoms. The molecule has 0 aliphatic rings. The molecule has 0 aromatic heterocycles. The molecule has 6 heteroatoms. The van der Waals surface area contributed by atoms with Crippen LogP contribution in [0.2, 0.25) is 0 Å². The summed E-state index contributed by atoms with van der Waals surface area (Å²) in [4.78, 5) is 23.6. The predicted octanol–water partition coefficient (Wildman–Crippen LogP) is 3.08. The molecule has 0 saturated carbocycles. The number of benzene rings is 1. The number of anilines is 2. The Labute approximate surface area is 138 Å². The highest BCUT2D eigenvalue weighted by atomic mass is 35.5. The number of nitrogens with one attached hydrogen (secondary N) is 2. The molecule has 0 heterocycles. The van der Waals surface area contributed by atoms with Crippen molar-refractivity contribution in [1.82, 2.24) is 0 Å². The van der Waals surface area contributed by atoms with Crippen molar-refractivity contribution in [3.63, 3.8) is 0 Å². The van der Waals surface area contributed by atoms with E-state index in [-0.39, 0.29) is 24.2 Å². The number of rotatable bonds is 6. The van der Waals surface area contributed by atoms with Gasteiger partial charge in [-0.2, -0.15) is 0 Å². The predicted molar refractivity (Wildman–Crippen MR) is 93.4 cm³/mol. The molecule has 1 aromatic carbocycles. The molecular formula is C16H26ClN3O2. The third-order valence-corrected chi connectivity index (χ3v) is 4.03. The van der Waals surface area contributed by atoms with Gasteiger partial charge in [-0.15, -0.1) is 12.4 Å². The summed E-state index contributed by atoms with van der Waals surface area (Å²) >= 11 is 0. The number of carbonyl (C=O) groups is 2. The molecule has 5 nitrogen and oxygen atoms in total. The van der Waals surface area contributed by atoms with Crippen LogP contribution in [-0.2, 0) is 9.59 Å². The van der Waals surface area contributed by atoms with Gasteiger partial charge in [0.1, 0.15) is 0 Å². The molecule has 0 aliphatic heterocycles. The van der Waals surface area contributed by atoms with E-state index in [9.17, 15) is 9.59 Å². The number of hydrogen-bond acceptors (Lipinski definition) is 3. The fraction of sp³-hybridized carbons (Fsp3) is 0.500. The normalized spacial score (nSPS) is 10.6. The maximum Gasteiger partial charge on any atom is 0.231 e. The Balaban J connectivity index is 0.00000441. The molecule has 0 spiro atoms. The quantitative estimate of drug-likeness (QED) is 0.750. The molecule has 1 aromatic rings. The number of nitrogens with two attached hydrogens (primary N) is 1. The monoisotopic (exact) mass is 327 g/mol. The molecule has 124 valence electrons. The molecule has 0 saturated heterocycles. The SMILES string of the molecule is CCC(CC)(CN)C(=O)Nc1cc(NC(C)=O)ccc1C.Cl. The van der Waals surface area contributed by atoms with Crippen LogP contribution in [0.25, 0.3) is 0 Å². The first kappa shape index (κ1) is 20.4. The van der Waals surface area contributed by atoms with Gasteiger partial charge in [-0.05, 0) is 37.5 Å². The highest BCUT2D eigenvalue weighted by Crippen LogP contribution is 2.28. The zero-order chi connectivity index (χ0) is 16.0. The van der Waals surface area contributed by atoms with Crippen molar-refractivity contribution in [3.8, 4) is 0 Å². The van der Waals surface area contributed by atoms with Gasteiger partial charge in [-0.1, -0.05) is 19.9 Å². The summed E-state index contributed by atoms with van der Waals surface area (Å²) in [5, 5.41) is 5.66. The van der Waals surface area contributed by atoms with E-state index in [4.69, 9.17) is 5.73 Å². The molecule has 0 bridgehead atoms. The summed E-state index contributed by atoms with van der Waals surface area (Å²) in [5.41, 5.74) is 7.56. The van der Waals surface area contributed by atoms with Crippen LogP contribution in [0.4, 0.5) is 11.4 Å². The lowest BCUT2D eigenvalue weighted by atomic mass is 9.81. The van der Waals surface area contributed by atoms with Gasteiger partial charge in [0.2, 0.25) is 11.8 Å². The second kappa shape index (κ2) is 8.76. The molecule has 1 rings (SSSR count). The minimum absolute atomic E-state index is 0. The van der Waals surface area contributed by atoms with E-state index in [1.807, 2.05) is 32.9 Å². The molecule has 4 N–H and O–H groups in total. The zero-order valence-corrected chi connectivity index (χ0v) is 14.5. The second-order valence-corrected chi connectivity index (χ2v) is 5.36. The Morgan fingerprint density at radius 2 is 1.77 bits per heavy atom. The third kappa shape index (κ3) is 4.71. The molecule has 0 fully saturated rings. The molecule has 0 radical (unpaired) electrons. The number of aryl methyl sites for hydroxylation is 1. The van der Waals surface area contributed by atoms with E-state index < -0.39 is 5.41 Å². The van der Waals surface area contributed by atoms with Gasteiger partial charge in [-0.3, -0.25) is 9.59 Å². The van der Waals surface area contributed by atoms with E-state index in [1.54, 1.807) is 6.07 Å². The molecule has 0 aliphatic carbocycles. The minimum Gasteiger partial charge on any atom is -0.329 e. The first-order valence-corrected chi connectivity index (χ1v) is 7.28. The van der Waals surface area contributed by atoms with Crippen molar-refractivity contribution in [2.75, 3.05) is 17.2 Å². The van der Waals surface area contributed by atoms with Crippen LogP contribution in [0.3, 0.4) is 0 Å². The Morgan fingerprint density at radius 3 is 2.23 bits per heavy atom. The van der Waals surface area contributed by atoms with E-state index in [0.29, 0.717) is 30.8 Å². The molecule has 2 amide bonds. The van der Waals surface area contributed by atoms with Gasteiger partial charge in [0.15, 0.2) is 0 Å². The van der Waals surface area contributed by atoms with E-state index in [0.717, 1.165) is 5.56 Å². The minimum atomic E-state index is -0.545. The van der Waals surface area contributed by atoms with Crippen LogP contribution in [0.1, 0.15) is 39.2 Å². The third-order valence-electron chi connectivity index (χ3n) is 4.03. The number of carbonyl (C=O) groups excluding carboxylic acids is 2. The van der Waals surface area contributed by atoms with Gasteiger partial charge in [0.05, 0.1) is 5.41 Å². The van der Waals surface area contributed by atoms with Gasteiger partial charge >= 0.3 is 0 Å². The first-order valence-electron chi connectivity index (χ1n) is 7.28. The average Bonchev–Trinajstić information content (AvgIpc) is 2.44. The summed E-state index contributed by atoms with van der Waals surface area (Å²) in [6.45, 7) is 7.62. The Bertz CT molecular complexity index is 520. The Kier molecular flexibility index (Phi) is 8.12. The van der Waals surface area contributed by atoms with Gasteiger partial charge < -0.3 is 16.4 Å². The summed E-state index contributed by atoms with van der Waals surface area (Å²) in [6.07, 6.45) is 1.38. The van der Waals surface area contributed by atoms with Crippen LogP contribution in [0.5, 0.6) is 0 Å². The fourth-order valence-corrected chi connectivity index (χ4v) is 2.25. The highest BCUT2D eigenvalue weighted by molar-refractivity contribution is 5.97. The smallest absolute Gasteiger partial charge is 0.231 e. The lowest BCUT2D eigenvalue weighted by Gasteiger charge is -2.29. The van der Waals surface area contributed by atoms with Crippen LogP contribution < -0.4 is 16.4 Å². The number of hydrogen-bond donors (Lipinski definition) is 3. The molecular weight excluding hydrogens is 302 g/mol.